The topological polar surface area (TPSA) is 22.1 Å². The van der Waals surface area contributed by atoms with E-state index in [4.69, 9.17) is 16.3 Å². The van der Waals surface area contributed by atoms with Gasteiger partial charge >= 0.3 is 0 Å². The van der Waals surface area contributed by atoms with Gasteiger partial charge in [-0.15, -0.1) is 0 Å². The van der Waals surface area contributed by atoms with E-state index >= 15 is 0 Å². The minimum atomic E-state index is 0.510. The van der Waals surface area contributed by atoms with Gasteiger partial charge in [0.2, 0.25) is 0 Å². The molecular formula is C11H10ClNO. The van der Waals surface area contributed by atoms with Crippen LogP contribution in [0.2, 0.25) is 5.15 Å². The lowest BCUT2D eigenvalue weighted by molar-refractivity contribution is 0.186. The SMILES string of the molecule is COCc1cc(Cl)nc2ccccc12. The summed E-state index contributed by atoms with van der Waals surface area (Å²) in [6.45, 7) is 0.558. The summed E-state index contributed by atoms with van der Waals surface area (Å²) in [5.74, 6) is 0. The predicted molar refractivity (Wildman–Crippen MR) is 57.5 cm³/mol. The molecule has 14 heavy (non-hydrogen) atoms. The molecule has 3 heteroatoms. The molecule has 0 spiro atoms. The van der Waals surface area contributed by atoms with Crippen LogP contribution >= 0.6 is 11.6 Å². The zero-order valence-corrected chi connectivity index (χ0v) is 8.58. The maximum atomic E-state index is 5.89. The van der Waals surface area contributed by atoms with Crippen LogP contribution in [0.1, 0.15) is 5.56 Å². The number of para-hydroxylation sites is 1. The second-order valence-corrected chi connectivity index (χ2v) is 3.44. The number of fused-ring (bicyclic) bond motifs is 1. The zero-order chi connectivity index (χ0) is 9.97. The van der Waals surface area contributed by atoms with Crippen molar-refractivity contribution in [3.8, 4) is 0 Å². The van der Waals surface area contributed by atoms with Gasteiger partial charge in [0.15, 0.2) is 0 Å². The van der Waals surface area contributed by atoms with Gasteiger partial charge < -0.3 is 4.74 Å². The number of methoxy groups -OCH3 is 1. The standard InChI is InChI=1S/C11H10ClNO/c1-14-7-8-6-11(12)13-10-5-3-2-4-9(8)10/h2-6H,7H2,1H3. The fourth-order valence-electron chi connectivity index (χ4n) is 1.49. The van der Waals surface area contributed by atoms with E-state index in [2.05, 4.69) is 4.98 Å². The molecule has 0 aliphatic rings. The van der Waals surface area contributed by atoms with Crippen molar-refractivity contribution in [3.63, 3.8) is 0 Å². The third kappa shape index (κ3) is 1.72. The molecule has 0 aliphatic heterocycles. The Bertz CT molecular complexity index is 456. The van der Waals surface area contributed by atoms with Gasteiger partial charge in [0.1, 0.15) is 5.15 Å². The van der Waals surface area contributed by atoms with Crippen molar-refractivity contribution in [2.45, 2.75) is 6.61 Å². The second-order valence-electron chi connectivity index (χ2n) is 3.05. The molecule has 0 aliphatic carbocycles. The number of ether oxygens (including phenoxy) is 1. The summed E-state index contributed by atoms with van der Waals surface area (Å²) < 4.78 is 5.10. The molecule has 2 rings (SSSR count). The number of aromatic nitrogens is 1. The van der Waals surface area contributed by atoms with E-state index in [0.29, 0.717) is 11.8 Å². The third-order valence-electron chi connectivity index (χ3n) is 2.07. The van der Waals surface area contributed by atoms with Gasteiger partial charge in [-0.3, -0.25) is 0 Å². The summed E-state index contributed by atoms with van der Waals surface area (Å²) >= 11 is 5.89. The van der Waals surface area contributed by atoms with Crippen molar-refractivity contribution in [1.82, 2.24) is 4.98 Å². The molecule has 1 aromatic heterocycles. The van der Waals surface area contributed by atoms with E-state index in [1.165, 1.54) is 0 Å². The zero-order valence-electron chi connectivity index (χ0n) is 7.83. The lowest BCUT2D eigenvalue weighted by Gasteiger charge is -2.05. The average molecular weight is 208 g/mol. The lowest BCUT2D eigenvalue weighted by atomic mass is 10.1. The molecule has 0 bridgehead atoms. The van der Waals surface area contributed by atoms with Gasteiger partial charge in [0, 0.05) is 12.5 Å². The Kier molecular flexibility index (Phi) is 2.66. The highest BCUT2D eigenvalue weighted by Crippen LogP contribution is 2.21. The monoisotopic (exact) mass is 207 g/mol. The number of rotatable bonds is 2. The van der Waals surface area contributed by atoms with E-state index in [-0.39, 0.29) is 0 Å². The summed E-state index contributed by atoms with van der Waals surface area (Å²) in [7, 11) is 1.67. The van der Waals surface area contributed by atoms with Crippen molar-refractivity contribution in [1.29, 1.82) is 0 Å². The number of benzene rings is 1. The maximum Gasteiger partial charge on any atom is 0.130 e. The molecule has 1 heterocycles. The first-order valence-corrected chi connectivity index (χ1v) is 4.72. The summed E-state index contributed by atoms with van der Waals surface area (Å²) in [4.78, 5) is 4.23. The van der Waals surface area contributed by atoms with Gasteiger partial charge in [-0.25, -0.2) is 4.98 Å². The number of pyridine rings is 1. The molecule has 0 amide bonds. The molecule has 0 radical (unpaired) electrons. The minimum Gasteiger partial charge on any atom is -0.380 e. The highest BCUT2D eigenvalue weighted by atomic mass is 35.5. The molecule has 1 aromatic carbocycles. The van der Waals surface area contributed by atoms with Crippen LogP contribution in [-0.4, -0.2) is 12.1 Å². The van der Waals surface area contributed by atoms with Gasteiger partial charge in [0.05, 0.1) is 12.1 Å². The summed E-state index contributed by atoms with van der Waals surface area (Å²) in [5, 5.41) is 1.61. The van der Waals surface area contributed by atoms with Crippen LogP contribution in [-0.2, 0) is 11.3 Å². The predicted octanol–water partition coefficient (Wildman–Crippen LogP) is 3.03. The normalized spacial score (nSPS) is 10.7. The fourth-order valence-corrected chi connectivity index (χ4v) is 1.71. The molecule has 0 fully saturated rings. The Hall–Kier alpha value is -1.12. The van der Waals surface area contributed by atoms with Gasteiger partial charge in [-0.05, 0) is 17.7 Å². The first-order valence-electron chi connectivity index (χ1n) is 4.34. The fraction of sp³-hybridized carbons (Fsp3) is 0.182. The Morgan fingerprint density at radius 3 is 2.93 bits per heavy atom. The minimum absolute atomic E-state index is 0.510. The van der Waals surface area contributed by atoms with Crippen molar-refractivity contribution in [3.05, 3.63) is 41.0 Å². The lowest BCUT2D eigenvalue weighted by Crippen LogP contribution is -1.91. The van der Waals surface area contributed by atoms with Crippen LogP contribution in [0.4, 0.5) is 0 Å². The highest BCUT2D eigenvalue weighted by molar-refractivity contribution is 6.29. The largest absolute Gasteiger partial charge is 0.380 e. The first kappa shape index (κ1) is 9.44. The number of nitrogens with zero attached hydrogens (tertiary/aromatic N) is 1. The smallest absolute Gasteiger partial charge is 0.130 e. The van der Waals surface area contributed by atoms with Crippen LogP contribution in [0.3, 0.4) is 0 Å². The van der Waals surface area contributed by atoms with Crippen LogP contribution in [0.25, 0.3) is 10.9 Å². The molecular weight excluding hydrogens is 198 g/mol. The quantitative estimate of drug-likeness (QED) is 0.707. The van der Waals surface area contributed by atoms with Crippen molar-refractivity contribution in [2.75, 3.05) is 7.11 Å². The Morgan fingerprint density at radius 1 is 1.36 bits per heavy atom. The van der Waals surface area contributed by atoms with Crippen molar-refractivity contribution in [2.24, 2.45) is 0 Å². The molecule has 2 nitrogen and oxygen atoms in total. The van der Waals surface area contributed by atoms with Gasteiger partial charge in [-0.2, -0.15) is 0 Å². The van der Waals surface area contributed by atoms with E-state index in [9.17, 15) is 0 Å². The molecule has 2 aromatic rings. The van der Waals surface area contributed by atoms with Crippen LogP contribution in [0.5, 0.6) is 0 Å². The highest BCUT2D eigenvalue weighted by Gasteiger charge is 2.03. The van der Waals surface area contributed by atoms with Crippen molar-refractivity contribution < 1.29 is 4.74 Å². The molecule has 0 unspecified atom stereocenters. The summed E-state index contributed by atoms with van der Waals surface area (Å²) in [6, 6.07) is 9.74. The average Bonchev–Trinajstić information content (AvgIpc) is 2.18. The number of halogens is 1. The van der Waals surface area contributed by atoms with Gasteiger partial charge in [0.25, 0.3) is 0 Å². The summed E-state index contributed by atoms with van der Waals surface area (Å²) in [5.41, 5.74) is 1.98. The van der Waals surface area contributed by atoms with E-state index in [1.807, 2.05) is 30.3 Å². The molecule has 0 atom stereocenters. The van der Waals surface area contributed by atoms with E-state index in [1.54, 1.807) is 7.11 Å². The van der Waals surface area contributed by atoms with E-state index in [0.717, 1.165) is 16.5 Å². The van der Waals surface area contributed by atoms with Crippen LogP contribution < -0.4 is 0 Å². The Labute approximate surface area is 87.5 Å². The number of hydrogen-bond donors (Lipinski definition) is 0. The molecule has 0 saturated carbocycles. The molecule has 0 N–H and O–H groups in total. The van der Waals surface area contributed by atoms with Crippen LogP contribution in [0, 0.1) is 0 Å². The first-order chi connectivity index (χ1) is 6.81. The Morgan fingerprint density at radius 2 is 2.14 bits per heavy atom. The second kappa shape index (κ2) is 3.95. The van der Waals surface area contributed by atoms with Gasteiger partial charge in [-0.1, -0.05) is 29.8 Å². The van der Waals surface area contributed by atoms with E-state index < -0.39 is 0 Å². The molecule has 72 valence electrons. The molecule has 0 saturated heterocycles. The maximum absolute atomic E-state index is 5.89. The summed E-state index contributed by atoms with van der Waals surface area (Å²) in [6.07, 6.45) is 0. The van der Waals surface area contributed by atoms with Crippen LogP contribution in [0.15, 0.2) is 30.3 Å². The Balaban J connectivity index is 2.67. The third-order valence-corrected chi connectivity index (χ3v) is 2.26. The van der Waals surface area contributed by atoms with Crippen molar-refractivity contribution >= 4 is 22.5 Å². The number of hydrogen-bond acceptors (Lipinski definition) is 2.